The summed E-state index contributed by atoms with van der Waals surface area (Å²) in [5.74, 6) is -1.93. The molecule has 0 aromatic heterocycles. The van der Waals surface area contributed by atoms with Gasteiger partial charge in [0.05, 0.1) is 10.9 Å². The van der Waals surface area contributed by atoms with Crippen LogP contribution in [0.3, 0.4) is 0 Å². The van der Waals surface area contributed by atoms with Crippen LogP contribution in [0.4, 0.5) is 8.78 Å². The monoisotopic (exact) mass is 500 g/mol. The molecule has 0 saturated heterocycles. The third kappa shape index (κ3) is 7.59. The van der Waals surface area contributed by atoms with Crippen molar-refractivity contribution in [2.75, 3.05) is 12.5 Å². The molecule has 0 heterocycles. The quantitative estimate of drug-likeness (QED) is 0.203. The second-order valence-corrected chi connectivity index (χ2v) is 9.93. The van der Waals surface area contributed by atoms with Crippen LogP contribution in [0.1, 0.15) is 0 Å². The molecule has 170 valence electrons. The third-order valence-electron chi connectivity index (χ3n) is 3.81. The first kappa shape index (κ1) is 25.8. The maximum atomic E-state index is 12.2. The molecule has 0 radical (unpaired) electrons. The molecule has 3 aromatic rings. The van der Waals surface area contributed by atoms with E-state index in [-0.39, 0.29) is 10.9 Å². The fourth-order valence-corrected chi connectivity index (χ4v) is 4.74. The lowest BCUT2D eigenvalue weighted by molar-refractivity contribution is -0.146. The molecule has 3 rings (SSSR count). The van der Waals surface area contributed by atoms with Crippen molar-refractivity contribution in [2.24, 2.45) is 0 Å². The molecule has 0 saturated carbocycles. The highest BCUT2D eigenvalue weighted by molar-refractivity contribution is 7.97. The van der Waals surface area contributed by atoms with Crippen LogP contribution >= 0.6 is 11.6 Å². The number of hydrogen-bond acceptors (Lipinski definition) is 5. The van der Waals surface area contributed by atoms with Crippen molar-refractivity contribution in [3.63, 3.8) is 0 Å². The summed E-state index contributed by atoms with van der Waals surface area (Å²) < 4.78 is 57.6. The number of carbonyl (C=O) groups is 1. The summed E-state index contributed by atoms with van der Waals surface area (Å²) in [6, 6.07) is 32.2. The van der Waals surface area contributed by atoms with E-state index >= 15 is 0 Å². The normalized spacial score (nSPS) is 11.4. The minimum absolute atomic E-state index is 0.0146. The van der Waals surface area contributed by atoms with E-state index in [0.717, 1.165) is 0 Å². The van der Waals surface area contributed by atoms with Gasteiger partial charge in [-0.1, -0.05) is 54.6 Å². The fourth-order valence-electron chi connectivity index (χ4n) is 2.35. The van der Waals surface area contributed by atoms with Crippen LogP contribution in [0.5, 0.6) is 0 Å². The Labute approximate surface area is 193 Å². The van der Waals surface area contributed by atoms with Crippen molar-refractivity contribution in [3.05, 3.63) is 91.0 Å². The molecule has 0 bridgehead atoms. The second kappa shape index (κ2) is 12.0. The van der Waals surface area contributed by atoms with Gasteiger partial charge in [0.25, 0.3) is 0 Å². The van der Waals surface area contributed by atoms with E-state index in [0.29, 0.717) is 0 Å². The summed E-state index contributed by atoms with van der Waals surface area (Å²) in [7, 11) is -5.82. The smallest absolute Gasteiger partial charge is 0.367 e. The highest BCUT2D eigenvalue weighted by Crippen LogP contribution is 2.30. The number of esters is 1. The predicted molar refractivity (Wildman–Crippen MR) is 118 cm³/mol. The first-order valence-corrected chi connectivity index (χ1v) is 12.3. The van der Waals surface area contributed by atoms with Crippen molar-refractivity contribution < 1.29 is 31.3 Å². The number of alkyl halides is 3. The second-order valence-electron chi connectivity index (χ2n) is 6.13. The number of benzene rings is 3. The van der Waals surface area contributed by atoms with E-state index in [1.165, 1.54) is 14.7 Å². The lowest BCUT2D eigenvalue weighted by atomic mass is 10.4. The molecule has 3 aromatic carbocycles. The summed E-state index contributed by atoms with van der Waals surface area (Å²) in [4.78, 5) is 14.3. The SMILES string of the molecule is O=C(CCl)OCC(F)(F)S(=O)(=O)[O-].c1ccc([S+](c2ccccc2)c2ccccc2)cc1. The molecular formula is C22H19ClF2O5S2. The number of halogens is 3. The highest BCUT2D eigenvalue weighted by Gasteiger charge is 2.39. The molecular weight excluding hydrogens is 482 g/mol. The molecule has 0 fully saturated rings. The van der Waals surface area contributed by atoms with E-state index in [2.05, 4.69) is 95.7 Å². The Bertz CT molecular complexity index is 989. The van der Waals surface area contributed by atoms with Crippen LogP contribution in [-0.2, 0) is 30.5 Å². The molecule has 0 unspecified atom stereocenters. The highest BCUT2D eigenvalue weighted by atomic mass is 35.5. The largest absolute Gasteiger partial charge is 0.743 e. The molecule has 10 heteroatoms. The molecule has 0 aliphatic carbocycles. The molecule has 0 atom stereocenters. The van der Waals surface area contributed by atoms with Gasteiger partial charge in [0.1, 0.15) is 5.88 Å². The number of carbonyl (C=O) groups excluding carboxylic acids is 1. The Kier molecular flexibility index (Phi) is 9.64. The van der Waals surface area contributed by atoms with Crippen molar-refractivity contribution in [1.82, 2.24) is 0 Å². The Hall–Kier alpha value is -2.46. The average Bonchev–Trinajstić information content (AvgIpc) is 2.79. The zero-order valence-corrected chi connectivity index (χ0v) is 19.0. The van der Waals surface area contributed by atoms with E-state index in [9.17, 15) is 26.5 Å². The lowest BCUT2D eigenvalue weighted by Gasteiger charge is -2.18. The van der Waals surface area contributed by atoms with E-state index in [4.69, 9.17) is 11.6 Å². The van der Waals surface area contributed by atoms with Crippen molar-refractivity contribution in [3.8, 4) is 0 Å². The first-order chi connectivity index (χ1) is 15.2. The molecule has 0 amide bonds. The van der Waals surface area contributed by atoms with Gasteiger partial charge in [-0.05, 0) is 36.4 Å². The van der Waals surface area contributed by atoms with Crippen LogP contribution in [0.2, 0.25) is 0 Å². The molecule has 0 spiro atoms. The molecule has 5 nitrogen and oxygen atoms in total. The van der Waals surface area contributed by atoms with Crippen LogP contribution in [-0.4, -0.2) is 36.7 Å². The van der Waals surface area contributed by atoms with Gasteiger partial charge in [0.2, 0.25) is 0 Å². The summed E-state index contributed by atoms with van der Waals surface area (Å²) in [5.41, 5.74) is 0. The number of ether oxygens (including phenoxy) is 1. The fraction of sp³-hybridized carbons (Fsp3) is 0.136. The first-order valence-electron chi connectivity index (χ1n) is 9.10. The zero-order valence-electron chi connectivity index (χ0n) is 16.6. The average molecular weight is 501 g/mol. The van der Waals surface area contributed by atoms with Crippen LogP contribution < -0.4 is 0 Å². The van der Waals surface area contributed by atoms with Crippen molar-refractivity contribution in [1.29, 1.82) is 0 Å². The Morgan fingerprint density at radius 3 is 1.47 bits per heavy atom. The molecule has 0 N–H and O–H groups in total. The number of rotatable bonds is 7. The molecule has 32 heavy (non-hydrogen) atoms. The van der Waals surface area contributed by atoms with Gasteiger partial charge in [-0.15, -0.1) is 11.6 Å². The van der Waals surface area contributed by atoms with Gasteiger partial charge >= 0.3 is 11.2 Å². The summed E-state index contributed by atoms with van der Waals surface area (Å²) in [5, 5.41) is -4.62. The predicted octanol–water partition coefficient (Wildman–Crippen LogP) is 4.69. The maximum absolute atomic E-state index is 12.2. The summed E-state index contributed by atoms with van der Waals surface area (Å²) in [6.45, 7) is -1.82. The topological polar surface area (TPSA) is 83.5 Å². The van der Waals surface area contributed by atoms with Crippen LogP contribution in [0.25, 0.3) is 0 Å². The molecule has 0 aliphatic heterocycles. The van der Waals surface area contributed by atoms with Gasteiger partial charge in [-0.3, -0.25) is 4.79 Å². The maximum Gasteiger partial charge on any atom is 0.367 e. The van der Waals surface area contributed by atoms with Gasteiger partial charge in [-0.2, -0.15) is 8.78 Å². The lowest BCUT2D eigenvalue weighted by Crippen LogP contribution is -2.34. The van der Waals surface area contributed by atoms with Gasteiger partial charge in [0.15, 0.2) is 31.4 Å². The van der Waals surface area contributed by atoms with Gasteiger partial charge in [-0.25, -0.2) is 8.42 Å². The van der Waals surface area contributed by atoms with Crippen molar-refractivity contribution >= 4 is 38.6 Å². The van der Waals surface area contributed by atoms with E-state index in [1.807, 2.05) is 0 Å². The van der Waals surface area contributed by atoms with E-state index < -0.39 is 33.8 Å². The summed E-state index contributed by atoms with van der Waals surface area (Å²) >= 11 is 4.85. The third-order valence-corrected chi connectivity index (χ3v) is 7.11. The Morgan fingerprint density at radius 2 is 1.19 bits per heavy atom. The molecule has 0 aliphatic rings. The van der Waals surface area contributed by atoms with Gasteiger partial charge < -0.3 is 9.29 Å². The van der Waals surface area contributed by atoms with E-state index in [1.54, 1.807) is 0 Å². The standard InChI is InChI=1S/C18H15S.C4H5ClF2O5S/c1-4-10-16(11-5-1)19(17-12-6-2-7-13-17)18-14-8-3-9-15-18;5-1-3(8)12-2-4(6,7)13(9,10)11/h1-15H;1-2H2,(H,9,10,11)/q+1;/p-1. The summed E-state index contributed by atoms with van der Waals surface area (Å²) in [6.07, 6.45) is 0. The van der Waals surface area contributed by atoms with Crippen LogP contribution in [0.15, 0.2) is 106 Å². The Balaban J connectivity index is 0.000000247. The minimum atomic E-state index is -5.81. The van der Waals surface area contributed by atoms with Crippen LogP contribution in [0, 0.1) is 0 Å². The Morgan fingerprint density at radius 1 is 0.844 bits per heavy atom. The van der Waals surface area contributed by atoms with Gasteiger partial charge in [0, 0.05) is 0 Å². The van der Waals surface area contributed by atoms with Crippen molar-refractivity contribution in [2.45, 2.75) is 19.9 Å². The minimum Gasteiger partial charge on any atom is -0.743 e. The number of hydrogen-bond donors (Lipinski definition) is 0. The zero-order chi connectivity index (χ0) is 23.6.